The Morgan fingerprint density at radius 1 is 0.938 bits per heavy atom. The number of hydrogen-bond acceptors (Lipinski definition) is 4. The fraction of sp³-hybridized carbons (Fsp3) is 0.348. The zero-order valence-corrected chi connectivity index (χ0v) is 17.4. The lowest BCUT2D eigenvalue weighted by atomic mass is 9.97. The number of aliphatic carboxylic acids is 1. The van der Waals surface area contributed by atoms with E-state index in [9.17, 15) is 22.8 Å². The summed E-state index contributed by atoms with van der Waals surface area (Å²) in [6.45, 7) is 2.44. The van der Waals surface area contributed by atoms with E-state index in [2.05, 4.69) is 16.7 Å². The van der Waals surface area contributed by atoms with Crippen LogP contribution in [0, 0.1) is 0 Å². The molecule has 0 radical (unpaired) electrons. The lowest BCUT2D eigenvalue weighted by Crippen LogP contribution is -2.23. The molecule has 0 unspecified atom stereocenters. The quantitative estimate of drug-likeness (QED) is 0.587. The summed E-state index contributed by atoms with van der Waals surface area (Å²) in [5, 5.41) is 13.4. The van der Waals surface area contributed by atoms with Crippen LogP contribution in [0.25, 0.3) is 0 Å². The molecule has 1 amide bonds. The molecule has 1 heterocycles. The second-order valence-corrected chi connectivity index (χ2v) is 7.22. The number of alkyl halides is 3. The van der Waals surface area contributed by atoms with Crippen LogP contribution in [0.4, 0.5) is 13.2 Å². The number of halogens is 3. The smallest absolute Gasteiger partial charge is 0.475 e. The standard InChI is InChI=1S/C21H24N2O2.C2HF3O2/c24-20(8-9-21(25)23-15-16-4-2-1-3-5-16)19-7-6-17-10-12-22-13-11-18(17)14-19;3-2(4,5)1(6)7/h1-7,14,22H,8-13,15H2,(H,23,25);(H,6,7). The van der Waals surface area contributed by atoms with Crippen molar-refractivity contribution in [3.05, 3.63) is 70.8 Å². The maximum Gasteiger partial charge on any atom is 0.490 e. The Morgan fingerprint density at radius 3 is 2.19 bits per heavy atom. The second-order valence-electron chi connectivity index (χ2n) is 7.22. The summed E-state index contributed by atoms with van der Waals surface area (Å²) in [5.41, 5.74) is 4.35. The Morgan fingerprint density at radius 2 is 1.56 bits per heavy atom. The van der Waals surface area contributed by atoms with E-state index in [0.29, 0.717) is 6.54 Å². The van der Waals surface area contributed by atoms with Gasteiger partial charge in [0, 0.05) is 24.9 Å². The van der Waals surface area contributed by atoms with Gasteiger partial charge in [-0.05, 0) is 48.7 Å². The van der Waals surface area contributed by atoms with E-state index >= 15 is 0 Å². The van der Waals surface area contributed by atoms with Crippen LogP contribution in [0.5, 0.6) is 0 Å². The van der Waals surface area contributed by atoms with Crippen molar-refractivity contribution in [3.8, 4) is 0 Å². The highest BCUT2D eigenvalue weighted by Crippen LogP contribution is 2.17. The first-order chi connectivity index (χ1) is 15.2. The number of hydrogen-bond donors (Lipinski definition) is 3. The van der Waals surface area contributed by atoms with Gasteiger partial charge in [0.15, 0.2) is 5.78 Å². The molecule has 1 aliphatic rings. The van der Waals surface area contributed by atoms with Gasteiger partial charge in [-0.15, -0.1) is 0 Å². The molecule has 3 N–H and O–H groups in total. The van der Waals surface area contributed by atoms with Gasteiger partial charge in [0.2, 0.25) is 5.91 Å². The maximum absolute atomic E-state index is 12.4. The molecule has 2 aromatic carbocycles. The molecular weight excluding hydrogens is 425 g/mol. The van der Waals surface area contributed by atoms with Crippen molar-refractivity contribution in [1.29, 1.82) is 0 Å². The first kappa shape index (κ1) is 25.1. The first-order valence-electron chi connectivity index (χ1n) is 10.1. The number of Topliss-reactive ketones (excluding diaryl/α,β-unsaturated/α-hetero) is 1. The molecule has 6 nitrogen and oxygen atoms in total. The molecule has 0 aromatic heterocycles. The van der Waals surface area contributed by atoms with Crippen LogP contribution >= 0.6 is 0 Å². The third-order valence-electron chi connectivity index (χ3n) is 4.82. The van der Waals surface area contributed by atoms with Gasteiger partial charge >= 0.3 is 12.1 Å². The molecule has 0 saturated heterocycles. The lowest BCUT2D eigenvalue weighted by Gasteiger charge is -2.08. The largest absolute Gasteiger partial charge is 0.490 e. The molecule has 3 rings (SSSR count). The van der Waals surface area contributed by atoms with Gasteiger partial charge in [-0.25, -0.2) is 4.79 Å². The van der Waals surface area contributed by atoms with Crippen LogP contribution in [0.2, 0.25) is 0 Å². The SMILES string of the molecule is O=C(CCC(=O)c1ccc2c(c1)CCNCC2)NCc1ccccc1.O=C(O)C(F)(F)F. The number of carbonyl (C=O) groups excluding carboxylic acids is 2. The zero-order chi connectivity index (χ0) is 23.6. The highest BCUT2D eigenvalue weighted by molar-refractivity contribution is 5.98. The molecule has 9 heteroatoms. The molecule has 0 aliphatic carbocycles. The van der Waals surface area contributed by atoms with Gasteiger partial charge in [0.05, 0.1) is 0 Å². The normalized spacial score (nSPS) is 13.1. The molecule has 2 aromatic rings. The van der Waals surface area contributed by atoms with Crippen molar-refractivity contribution in [3.63, 3.8) is 0 Å². The number of ketones is 1. The fourth-order valence-corrected chi connectivity index (χ4v) is 3.10. The van der Waals surface area contributed by atoms with E-state index in [4.69, 9.17) is 9.90 Å². The average Bonchev–Trinajstić information content (AvgIpc) is 3.01. The lowest BCUT2D eigenvalue weighted by molar-refractivity contribution is -0.192. The molecule has 1 aliphatic heterocycles. The first-order valence-corrected chi connectivity index (χ1v) is 10.1. The summed E-state index contributed by atoms with van der Waals surface area (Å²) in [6.07, 6.45) is -2.65. The Kier molecular flexibility index (Phi) is 9.39. The number of nitrogens with one attached hydrogen (secondary N) is 2. The third kappa shape index (κ3) is 8.50. The van der Waals surface area contributed by atoms with Gasteiger partial charge < -0.3 is 15.7 Å². The maximum atomic E-state index is 12.4. The minimum atomic E-state index is -5.08. The Balaban J connectivity index is 0.000000451. The van der Waals surface area contributed by atoms with Gasteiger partial charge in [-0.1, -0.05) is 42.5 Å². The molecule has 0 saturated carbocycles. The monoisotopic (exact) mass is 450 g/mol. The van der Waals surface area contributed by atoms with Gasteiger partial charge in [0.25, 0.3) is 0 Å². The minimum absolute atomic E-state index is 0.0369. The van der Waals surface area contributed by atoms with Crippen LogP contribution in [-0.2, 0) is 29.0 Å². The topological polar surface area (TPSA) is 95.5 Å². The summed E-state index contributed by atoms with van der Waals surface area (Å²) in [5.74, 6) is -2.81. The summed E-state index contributed by atoms with van der Waals surface area (Å²) in [4.78, 5) is 33.3. The number of amides is 1. The number of carboxylic acid groups (broad SMARTS) is 1. The van der Waals surface area contributed by atoms with Crippen LogP contribution in [0.1, 0.15) is 39.9 Å². The van der Waals surface area contributed by atoms with E-state index in [1.54, 1.807) is 0 Å². The summed E-state index contributed by atoms with van der Waals surface area (Å²) >= 11 is 0. The van der Waals surface area contributed by atoms with E-state index in [1.165, 1.54) is 11.1 Å². The zero-order valence-electron chi connectivity index (χ0n) is 17.4. The van der Waals surface area contributed by atoms with E-state index in [-0.39, 0.29) is 24.5 Å². The summed E-state index contributed by atoms with van der Waals surface area (Å²) in [6, 6.07) is 15.7. The molecule has 0 fully saturated rings. The van der Waals surface area contributed by atoms with Crippen molar-refractivity contribution in [2.45, 2.75) is 38.4 Å². The number of fused-ring (bicyclic) bond motifs is 1. The highest BCUT2D eigenvalue weighted by Gasteiger charge is 2.38. The van der Waals surface area contributed by atoms with Crippen molar-refractivity contribution < 1.29 is 32.7 Å². The molecule has 172 valence electrons. The molecule has 0 atom stereocenters. The number of carboxylic acids is 1. The molecule has 32 heavy (non-hydrogen) atoms. The van der Waals surface area contributed by atoms with Crippen molar-refractivity contribution in [2.75, 3.05) is 13.1 Å². The predicted molar refractivity (Wildman–Crippen MR) is 112 cm³/mol. The van der Waals surface area contributed by atoms with Crippen LogP contribution in [0.3, 0.4) is 0 Å². The second kappa shape index (κ2) is 12.0. The van der Waals surface area contributed by atoms with E-state index in [1.807, 2.05) is 42.5 Å². The number of rotatable bonds is 6. The molecule has 0 bridgehead atoms. The predicted octanol–water partition coefficient (Wildman–Crippen LogP) is 3.29. The third-order valence-corrected chi connectivity index (χ3v) is 4.82. The summed E-state index contributed by atoms with van der Waals surface area (Å²) < 4.78 is 31.7. The number of benzene rings is 2. The highest BCUT2D eigenvalue weighted by atomic mass is 19.4. The van der Waals surface area contributed by atoms with Crippen LogP contribution < -0.4 is 10.6 Å². The van der Waals surface area contributed by atoms with Crippen molar-refractivity contribution in [1.82, 2.24) is 10.6 Å². The summed E-state index contributed by atoms with van der Waals surface area (Å²) in [7, 11) is 0. The molecule has 0 spiro atoms. The number of carbonyl (C=O) groups is 3. The Labute approximate surface area is 183 Å². The molecular formula is C23H25F3N2O4. The van der Waals surface area contributed by atoms with Crippen LogP contribution in [0.15, 0.2) is 48.5 Å². The van der Waals surface area contributed by atoms with Crippen LogP contribution in [-0.4, -0.2) is 42.0 Å². The van der Waals surface area contributed by atoms with Gasteiger partial charge in [-0.3, -0.25) is 9.59 Å². The minimum Gasteiger partial charge on any atom is -0.475 e. The Bertz CT molecular complexity index is 931. The Hall–Kier alpha value is -3.20. The average molecular weight is 450 g/mol. The van der Waals surface area contributed by atoms with Crippen molar-refractivity contribution in [2.24, 2.45) is 0 Å². The van der Waals surface area contributed by atoms with E-state index in [0.717, 1.165) is 37.1 Å². The fourth-order valence-electron chi connectivity index (χ4n) is 3.10. The van der Waals surface area contributed by atoms with E-state index < -0.39 is 12.1 Å². The van der Waals surface area contributed by atoms with Gasteiger partial charge in [-0.2, -0.15) is 13.2 Å². The van der Waals surface area contributed by atoms with Gasteiger partial charge in [0.1, 0.15) is 0 Å². The van der Waals surface area contributed by atoms with Crippen molar-refractivity contribution >= 4 is 17.7 Å².